The number of nitrogens with zero attached hydrogens (tertiary/aromatic N) is 1. The van der Waals surface area contributed by atoms with Gasteiger partial charge in [-0.3, -0.25) is 9.69 Å². The molecular weight excluding hydrogens is 326 g/mol. The van der Waals surface area contributed by atoms with E-state index in [1.165, 1.54) is 6.07 Å². The Morgan fingerprint density at radius 1 is 1.20 bits per heavy atom. The van der Waals surface area contributed by atoms with E-state index in [4.69, 9.17) is 4.74 Å². The van der Waals surface area contributed by atoms with Gasteiger partial charge >= 0.3 is 0 Å². The molecule has 1 atom stereocenters. The Hall–Kier alpha value is -2.47. The average molecular weight is 346 g/mol. The summed E-state index contributed by atoms with van der Waals surface area (Å²) >= 11 is 0. The van der Waals surface area contributed by atoms with Gasteiger partial charge in [-0.2, -0.15) is 0 Å². The Labute approximate surface area is 145 Å². The van der Waals surface area contributed by atoms with Crippen molar-refractivity contribution < 1.29 is 18.3 Å². The predicted octanol–water partition coefficient (Wildman–Crippen LogP) is 3.75. The molecule has 25 heavy (non-hydrogen) atoms. The van der Waals surface area contributed by atoms with Crippen LogP contribution < -0.4 is 10.1 Å². The first-order valence-corrected chi connectivity index (χ1v) is 8.19. The van der Waals surface area contributed by atoms with E-state index in [0.717, 1.165) is 42.8 Å². The molecule has 4 nitrogen and oxygen atoms in total. The molecule has 1 aliphatic rings. The number of hydrogen-bond donors (Lipinski definition) is 1. The van der Waals surface area contributed by atoms with Gasteiger partial charge in [-0.05, 0) is 49.2 Å². The van der Waals surface area contributed by atoms with Crippen LogP contribution in [0.2, 0.25) is 0 Å². The Kier molecular flexibility index (Phi) is 5.28. The summed E-state index contributed by atoms with van der Waals surface area (Å²) in [7, 11) is 1.62. The fourth-order valence-corrected chi connectivity index (χ4v) is 3.18. The van der Waals surface area contributed by atoms with Crippen molar-refractivity contribution in [3.05, 3.63) is 59.7 Å². The number of ether oxygens (including phenoxy) is 1. The van der Waals surface area contributed by atoms with Crippen LogP contribution in [0.5, 0.6) is 5.75 Å². The summed E-state index contributed by atoms with van der Waals surface area (Å²) in [5.74, 6) is -1.36. The van der Waals surface area contributed by atoms with E-state index in [0.29, 0.717) is 0 Å². The molecule has 1 aliphatic heterocycles. The summed E-state index contributed by atoms with van der Waals surface area (Å²) in [6.07, 6.45) is 1.99. The Bertz CT molecular complexity index is 750. The number of rotatable bonds is 5. The van der Waals surface area contributed by atoms with E-state index in [9.17, 15) is 13.6 Å². The van der Waals surface area contributed by atoms with Gasteiger partial charge in [-0.15, -0.1) is 0 Å². The minimum Gasteiger partial charge on any atom is -0.497 e. The van der Waals surface area contributed by atoms with Crippen LogP contribution in [0.1, 0.15) is 24.4 Å². The van der Waals surface area contributed by atoms with Gasteiger partial charge in [0, 0.05) is 17.8 Å². The lowest BCUT2D eigenvalue weighted by atomic mass is 10.0. The van der Waals surface area contributed by atoms with Crippen molar-refractivity contribution >= 4 is 11.6 Å². The van der Waals surface area contributed by atoms with E-state index in [2.05, 4.69) is 10.2 Å². The molecule has 1 amide bonds. The van der Waals surface area contributed by atoms with Crippen molar-refractivity contribution in [3.8, 4) is 5.75 Å². The summed E-state index contributed by atoms with van der Waals surface area (Å²) in [5, 5.41) is 2.62. The fourth-order valence-electron chi connectivity index (χ4n) is 3.18. The number of benzene rings is 2. The van der Waals surface area contributed by atoms with Crippen molar-refractivity contribution in [2.24, 2.45) is 0 Å². The van der Waals surface area contributed by atoms with Crippen LogP contribution in [0.25, 0.3) is 0 Å². The van der Waals surface area contributed by atoms with Gasteiger partial charge in [0.05, 0.1) is 13.7 Å². The zero-order valence-corrected chi connectivity index (χ0v) is 14.0. The minimum atomic E-state index is -0.977. The molecule has 0 saturated carbocycles. The maximum absolute atomic E-state index is 13.2. The highest BCUT2D eigenvalue weighted by Gasteiger charge is 2.27. The van der Waals surface area contributed by atoms with Gasteiger partial charge < -0.3 is 10.1 Å². The number of halogens is 2. The number of hydrogen-bond acceptors (Lipinski definition) is 3. The number of carbonyl (C=O) groups is 1. The summed E-state index contributed by atoms with van der Waals surface area (Å²) in [6, 6.07) is 11.3. The Morgan fingerprint density at radius 3 is 2.64 bits per heavy atom. The molecule has 0 bridgehead atoms. The topological polar surface area (TPSA) is 41.6 Å². The van der Waals surface area contributed by atoms with E-state index in [1.54, 1.807) is 7.11 Å². The SMILES string of the molecule is COc1ccc([C@@H]2CCCN2CC(=O)Nc2ccc(F)c(F)c2)cc1. The molecule has 0 aliphatic carbocycles. The second-order valence-electron chi connectivity index (χ2n) is 6.08. The van der Waals surface area contributed by atoms with Gasteiger partial charge in [0.2, 0.25) is 5.91 Å². The molecule has 1 saturated heterocycles. The van der Waals surface area contributed by atoms with Crippen LogP contribution in [-0.2, 0) is 4.79 Å². The molecular formula is C19H20F2N2O2. The Morgan fingerprint density at radius 2 is 1.96 bits per heavy atom. The number of methoxy groups -OCH3 is 1. The van der Waals surface area contributed by atoms with E-state index in [-0.39, 0.29) is 24.2 Å². The highest BCUT2D eigenvalue weighted by Crippen LogP contribution is 2.32. The van der Waals surface area contributed by atoms with Crippen LogP contribution in [0.15, 0.2) is 42.5 Å². The first-order chi connectivity index (χ1) is 12.1. The molecule has 1 N–H and O–H groups in total. The van der Waals surface area contributed by atoms with Crippen LogP contribution in [0.4, 0.5) is 14.5 Å². The lowest BCUT2D eigenvalue weighted by molar-refractivity contribution is -0.117. The maximum Gasteiger partial charge on any atom is 0.238 e. The predicted molar refractivity (Wildman–Crippen MR) is 91.5 cm³/mol. The van der Waals surface area contributed by atoms with Crippen LogP contribution in [0, 0.1) is 11.6 Å². The number of amides is 1. The molecule has 2 aromatic carbocycles. The van der Waals surface area contributed by atoms with Gasteiger partial charge in [0.15, 0.2) is 11.6 Å². The normalized spacial score (nSPS) is 17.5. The fraction of sp³-hybridized carbons (Fsp3) is 0.316. The van der Waals surface area contributed by atoms with Crippen molar-refractivity contribution in [2.75, 3.05) is 25.5 Å². The third kappa shape index (κ3) is 4.14. The summed E-state index contributed by atoms with van der Waals surface area (Å²) in [5.41, 5.74) is 1.39. The minimum absolute atomic E-state index is 0.168. The van der Waals surface area contributed by atoms with Gasteiger partial charge in [0.1, 0.15) is 5.75 Å². The third-order valence-electron chi connectivity index (χ3n) is 4.41. The smallest absolute Gasteiger partial charge is 0.238 e. The third-order valence-corrected chi connectivity index (χ3v) is 4.41. The molecule has 2 aromatic rings. The lowest BCUT2D eigenvalue weighted by Gasteiger charge is -2.24. The number of carbonyl (C=O) groups excluding carboxylic acids is 1. The molecule has 0 radical (unpaired) electrons. The average Bonchev–Trinajstić information content (AvgIpc) is 3.06. The second-order valence-corrected chi connectivity index (χ2v) is 6.08. The van der Waals surface area contributed by atoms with Crippen LogP contribution >= 0.6 is 0 Å². The zero-order chi connectivity index (χ0) is 17.8. The van der Waals surface area contributed by atoms with Crippen molar-refractivity contribution in [2.45, 2.75) is 18.9 Å². The molecule has 0 aromatic heterocycles. The second kappa shape index (κ2) is 7.61. The standard InChI is InChI=1S/C19H20F2N2O2/c1-25-15-7-4-13(5-8-15)18-3-2-10-23(18)12-19(24)22-14-6-9-16(20)17(21)11-14/h4-9,11,18H,2-3,10,12H2,1H3,(H,22,24)/t18-/m0/s1. The summed E-state index contributed by atoms with van der Waals surface area (Å²) in [6.45, 7) is 1.03. The van der Waals surface area contributed by atoms with Crippen molar-refractivity contribution in [3.63, 3.8) is 0 Å². The molecule has 0 spiro atoms. The van der Waals surface area contributed by atoms with Crippen molar-refractivity contribution in [1.82, 2.24) is 4.90 Å². The number of likely N-dealkylation sites (tertiary alicyclic amines) is 1. The Balaban J connectivity index is 1.63. The lowest BCUT2D eigenvalue weighted by Crippen LogP contribution is -2.33. The largest absolute Gasteiger partial charge is 0.497 e. The molecule has 1 fully saturated rings. The molecule has 6 heteroatoms. The van der Waals surface area contributed by atoms with Gasteiger partial charge in [-0.1, -0.05) is 12.1 Å². The molecule has 0 unspecified atom stereocenters. The maximum atomic E-state index is 13.2. The highest BCUT2D eigenvalue weighted by atomic mass is 19.2. The first kappa shape index (κ1) is 17.4. The van der Waals surface area contributed by atoms with Gasteiger partial charge in [-0.25, -0.2) is 8.78 Å². The molecule has 1 heterocycles. The highest BCUT2D eigenvalue weighted by molar-refractivity contribution is 5.92. The zero-order valence-electron chi connectivity index (χ0n) is 14.0. The van der Waals surface area contributed by atoms with E-state index < -0.39 is 11.6 Å². The van der Waals surface area contributed by atoms with E-state index >= 15 is 0 Å². The first-order valence-electron chi connectivity index (χ1n) is 8.19. The summed E-state index contributed by atoms with van der Waals surface area (Å²) in [4.78, 5) is 14.3. The molecule has 132 valence electrons. The number of anilines is 1. The van der Waals surface area contributed by atoms with E-state index in [1.807, 2.05) is 24.3 Å². The van der Waals surface area contributed by atoms with Gasteiger partial charge in [0.25, 0.3) is 0 Å². The summed E-state index contributed by atoms with van der Waals surface area (Å²) < 4.78 is 31.4. The molecule has 3 rings (SSSR count). The monoisotopic (exact) mass is 346 g/mol. The quantitative estimate of drug-likeness (QED) is 0.896. The van der Waals surface area contributed by atoms with Crippen molar-refractivity contribution in [1.29, 1.82) is 0 Å². The van der Waals surface area contributed by atoms with Crippen LogP contribution in [0.3, 0.4) is 0 Å². The number of nitrogens with one attached hydrogen (secondary N) is 1. The van der Waals surface area contributed by atoms with Crippen LogP contribution in [-0.4, -0.2) is 31.0 Å².